The van der Waals surface area contributed by atoms with Crippen molar-refractivity contribution in [1.82, 2.24) is 30.2 Å². The maximum Gasteiger partial charge on any atom is 0.274 e. The molecule has 0 radical (unpaired) electrons. The second-order valence-electron chi connectivity index (χ2n) is 17.4. The molecule has 2 unspecified atom stereocenters. The number of ether oxygens (including phenoxy) is 3. The number of hydrogen-bond donors (Lipinski definition) is 7. The van der Waals surface area contributed by atoms with Crippen molar-refractivity contribution in [3.8, 4) is 0 Å². The Bertz CT molecular complexity index is 2170. The van der Waals surface area contributed by atoms with Crippen LogP contribution >= 0.6 is 35.2 Å². The van der Waals surface area contributed by atoms with Gasteiger partial charge in [-0.15, -0.1) is 0 Å². The average Bonchev–Trinajstić information content (AvgIpc) is 3.83. The number of nitrogen functional groups attached to an aromatic ring is 1. The highest BCUT2D eigenvalue weighted by Gasteiger charge is 2.47. The van der Waals surface area contributed by atoms with Gasteiger partial charge in [0, 0.05) is 43.5 Å². The summed E-state index contributed by atoms with van der Waals surface area (Å²) in [5, 5.41) is 46.3. The summed E-state index contributed by atoms with van der Waals surface area (Å²) in [6.45, 7) is 3.71. The fourth-order valence-electron chi connectivity index (χ4n) is 7.12. The number of aromatic nitrogens is 4. The van der Waals surface area contributed by atoms with Crippen molar-refractivity contribution < 1.29 is 100 Å². The number of amides is 2. The fraction of sp³-hybridized carbons (Fsp3) is 0.789. The summed E-state index contributed by atoms with van der Waals surface area (Å²) in [5.74, 6) is -1.24. The molecule has 0 bridgehead atoms. The lowest BCUT2D eigenvalue weighted by molar-refractivity contribution is -0.347. The first-order valence-corrected chi connectivity index (χ1v) is 27.7. The minimum absolute atomic E-state index is 0.00481. The van der Waals surface area contributed by atoms with Crippen molar-refractivity contribution in [2.45, 2.75) is 153 Å². The van der Waals surface area contributed by atoms with Crippen LogP contribution in [0.4, 0.5) is 5.82 Å². The molecule has 2 aromatic heterocycles. The fourth-order valence-corrected chi connectivity index (χ4v) is 10.6. The maximum absolute atomic E-state index is 12.7. The average molecular weight is 1080 g/mol. The van der Waals surface area contributed by atoms with Gasteiger partial charge in [-0.25, -0.2) is 19.3 Å². The molecule has 12 atom stereocenters. The number of aliphatic hydroxyl groups is 4. The molecule has 2 aromatic rings. The molecule has 0 aliphatic carbocycles. The number of nitrogens with two attached hydrogens (primary N) is 1. The number of carbonyl (C=O) groups excluding carboxylic acids is 3. The zero-order valence-corrected chi connectivity index (χ0v) is 42.4. The lowest BCUT2D eigenvalue weighted by Crippen LogP contribution is -2.48. The lowest BCUT2D eigenvalue weighted by Gasteiger charge is -2.36. The first-order chi connectivity index (χ1) is 32.7. The Balaban J connectivity index is 1.07. The number of phosphoric acid groups is 3. The van der Waals surface area contributed by atoms with Gasteiger partial charge in [-0.3, -0.25) is 28.1 Å². The highest BCUT2D eigenvalue weighted by Crippen LogP contribution is 2.56. The number of imidazole rings is 1. The van der Waals surface area contributed by atoms with E-state index in [1.54, 1.807) is 6.92 Å². The predicted molar refractivity (Wildman–Crippen MR) is 237 cm³/mol. The van der Waals surface area contributed by atoms with Gasteiger partial charge in [0.05, 0.1) is 45.7 Å². The van der Waals surface area contributed by atoms with Crippen LogP contribution in [0.3, 0.4) is 0 Å². The minimum Gasteiger partial charge on any atom is -0.790 e. The number of aliphatic hydroxyl groups excluding tert-OH is 4. The summed E-state index contributed by atoms with van der Waals surface area (Å²) in [5.41, 5.74) is 4.05. The second kappa shape index (κ2) is 27.1. The summed E-state index contributed by atoms with van der Waals surface area (Å²) >= 11 is 1.09. The molecule has 28 nitrogen and oxygen atoms in total. The third-order valence-electron chi connectivity index (χ3n) is 11.0. The first kappa shape index (κ1) is 60.0. The Hall–Kier alpha value is -2.60. The van der Waals surface area contributed by atoms with Crippen LogP contribution in [0.15, 0.2) is 12.7 Å². The van der Waals surface area contributed by atoms with E-state index < -0.39 is 109 Å². The molecule has 0 aromatic carbocycles. The number of thioether (sulfide) groups is 1. The number of nitrogens with one attached hydrogen (secondary N) is 2. The molecule has 2 aliphatic heterocycles. The van der Waals surface area contributed by atoms with E-state index in [1.807, 2.05) is 6.92 Å². The van der Waals surface area contributed by atoms with Gasteiger partial charge in [0.2, 0.25) is 11.8 Å². The Labute approximate surface area is 407 Å². The Kier molecular flexibility index (Phi) is 23.2. The number of rotatable bonds is 30. The summed E-state index contributed by atoms with van der Waals surface area (Å²) < 4.78 is 72.2. The van der Waals surface area contributed by atoms with Crippen molar-refractivity contribution in [3.05, 3.63) is 12.7 Å². The quantitative estimate of drug-likeness (QED) is 0.0346. The van der Waals surface area contributed by atoms with Crippen LogP contribution in [0.1, 0.15) is 98.1 Å². The van der Waals surface area contributed by atoms with Crippen molar-refractivity contribution in [2.24, 2.45) is 5.41 Å². The third-order valence-corrected chi connectivity index (χ3v) is 15.0. The van der Waals surface area contributed by atoms with E-state index in [0.29, 0.717) is 12.2 Å². The van der Waals surface area contributed by atoms with Crippen LogP contribution in [0, 0.1) is 5.41 Å². The highest BCUT2D eigenvalue weighted by atomic mass is 32.2. The summed E-state index contributed by atoms with van der Waals surface area (Å²) in [4.78, 5) is 96.9. The van der Waals surface area contributed by atoms with Gasteiger partial charge < -0.3 is 88.7 Å². The monoisotopic (exact) mass is 1080 g/mol. The van der Waals surface area contributed by atoms with Crippen molar-refractivity contribution in [3.63, 3.8) is 0 Å². The molecular formula is C38H62N7O21P3S-4. The van der Waals surface area contributed by atoms with Gasteiger partial charge in [0.15, 0.2) is 29.1 Å². The molecule has 2 saturated heterocycles. The van der Waals surface area contributed by atoms with Crippen LogP contribution in [0.25, 0.3) is 11.2 Å². The van der Waals surface area contributed by atoms with Gasteiger partial charge in [-0.2, -0.15) is 0 Å². The Morgan fingerprint density at radius 3 is 2.31 bits per heavy atom. The molecule has 400 valence electrons. The molecular weight excluding hydrogens is 1020 g/mol. The number of nitrogens with zero attached hydrogens (tertiary/aromatic N) is 4. The molecule has 0 spiro atoms. The molecule has 70 heavy (non-hydrogen) atoms. The lowest BCUT2D eigenvalue weighted by atomic mass is 9.87. The van der Waals surface area contributed by atoms with Crippen molar-refractivity contribution in [1.29, 1.82) is 0 Å². The maximum atomic E-state index is 12.7. The highest BCUT2D eigenvalue weighted by molar-refractivity contribution is 8.13. The molecule has 2 aliphatic rings. The van der Waals surface area contributed by atoms with E-state index in [-0.39, 0.29) is 54.1 Å². The van der Waals surface area contributed by atoms with Crippen LogP contribution in [0.2, 0.25) is 0 Å². The smallest absolute Gasteiger partial charge is 0.274 e. The van der Waals surface area contributed by atoms with Crippen molar-refractivity contribution >= 4 is 69.1 Å². The molecule has 2 fully saturated rings. The number of carbonyl (C=O) groups is 3. The normalized spacial score (nSPS) is 25.8. The van der Waals surface area contributed by atoms with E-state index in [2.05, 4.69) is 43.5 Å². The van der Waals surface area contributed by atoms with Crippen molar-refractivity contribution in [2.75, 3.05) is 37.8 Å². The summed E-state index contributed by atoms with van der Waals surface area (Å²) in [7, 11) is -17.7. The third kappa shape index (κ3) is 19.3. The molecule has 4 heterocycles. The van der Waals surface area contributed by atoms with Crippen LogP contribution < -0.4 is 35.9 Å². The number of anilines is 1. The standard InChI is InChI=1S/C38H66N7O21P3S/c1-22(62-37-25(47)17-24(46)23(2)63-37)11-9-7-5-6-8-10-12-28(49)70-16-15-40-27(48)13-14-41-35(52)32(51)38(3,4)19-61-69(58,59)66-68(56,57)60-18-26-31(65-67(53,54)55)30(50)36(64-26)45-21-44-29-33(39)42-20-43-34(29)45/h20-26,30-32,36-37,46-47,50-51H,5-19H2,1-4H3,(H,40,48)(H,41,52)(H,56,57)(H,58,59)(H2,39,42,43)(H2,53,54,55)/p-4/t22-,23+,24-,25-,26-,30-,31-,32+,36-,37-/m1/s1. The summed E-state index contributed by atoms with van der Waals surface area (Å²) in [6.07, 6.45) is -3.53. The molecule has 4 rings (SSSR count). The second-order valence-corrected chi connectivity index (χ2v) is 22.6. The number of hydrogen-bond acceptors (Lipinski definition) is 26. The van der Waals surface area contributed by atoms with Crippen LogP contribution in [-0.4, -0.2) is 144 Å². The zero-order valence-electron chi connectivity index (χ0n) is 38.9. The van der Waals surface area contributed by atoms with Gasteiger partial charge in [0.25, 0.3) is 15.6 Å². The van der Waals surface area contributed by atoms with E-state index in [1.165, 1.54) is 13.8 Å². The Morgan fingerprint density at radius 2 is 1.61 bits per heavy atom. The van der Waals surface area contributed by atoms with Crippen LogP contribution in [-0.2, 0) is 60.2 Å². The topological polar surface area (TPSA) is 434 Å². The van der Waals surface area contributed by atoms with Gasteiger partial charge >= 0.3 is 0 Å². The SMILES string of the molecule is C[C@H](CCCCCCCCC(=O)SCCNC(=O)CCNC(=O)[C@H](O)C(C)(C)COP(=O)([O-])OP(=O)([O-])OC[C@H]1O[C@@H](n2cnc3c(N)ncnc32)[C@H](O)[C@@H]1OP(=O)([O-])[O-])O[C@@H]1O[C@@H](C)[C@H](O)C[C@H]1O. The van der Waals surface area contributed by atoms with E-state index >= 15 is 0 Å². The molecule has 0 saturated carbocycles. The molecule has 8 N–H and O–H groups in total. The van der Waals surface area contributed by atoms with E-state index in [0.717, 1.165) is 73.9 Å². The number of fused-ring (bicyclic) bond motifs is 1. The number of phosphoric ester groups is 3. The van der Waals surface area contributed by atoms with E-state index in [9.17, 15) is 68.1 Å². The van der Waals surface area contributed by atoms with Gasteiger partial charge in [-0.05, 0) is 26.7 Å². The van der Waals surface area contributed by atoms with Gasteiger partial charge in [-0.1, -0.05) is 57.7 Å². The van der Waals surface area contributed by atoms with E-state index in [4.69, 9.17) is 19.9 Å². The number of unbranched alkanes of at least 4 members (excludes halogenated alkanes) is 5. The zero-order chi connectivity index (χ0) is 52.0. The first-order valence-electron chi connectivity index (χ1n) is 22.3. The molecule has 32 heteroatoms. The Morgan fingerprint density at radius 1 is 0.943 bits per heavy atom. The minimum atomic E-state index is -5.93. The molecule has 2 amide bonds. The summed E-state index contributed by atoms with van der Waals surface area (Å²) in [6, 6.07) is 0. The van der Waals surface area contributed by atoms with Crippen LogP contribution in [0.5, 0.6) is 0 Å². The largest absolute Gasteiger partial charge is 0.790 e. The van der Waals surface area contributed by atoms with Gasteiger partial charge in [0.1, 0.15) is 42.4 Å². The predicted octanol–water partition coefficient (Wildman–Crippen LogP) is -1.48.